The van der Waals surface area contributed by atoms with Gasteiger partial charge in [0.25, 0.3) is 11.5 Å². The molecule has 1 amide bonds. The number of nitrogens with zero attached hydrogens (tertiary/aromatic N) is 2. The first-order valence-electron chi connectivity index (χ1n) is 10.1. The van der Waals surface area contributed by atoms with Crippen LogP contribution in [0.5, 0.6) is 0 Å². The van der Waals surface area contributed by atoms with E-state index in [1.54, 1.807) is 18.0 Å². The molecule has 1 saturated carbocycles. The number of rotatable bonds is 5. The van der Waals surface area contributed by atoms with Gasteiger partial charge in [-0.05, 0) is 55.9 Å². The van der Waals surface area contributed by atoms with Crippen LogP contribution in [0.4, 0.5) is 5.69 Å². The highest BCUT2D eigenvalue weighted by Crippen LogP contribution is 2.26. The van der Waals surface area contributed by atoms with E-state index < -0.39 is 0 Å². The lowest BCUT2D eigenvalue weighted by Gasteiger charge is -2.25. The van der Waals surface area contributed by atoms with E-state index in [-0.39, 0.29) is 17.0 Å². The molecule has 0 spiro atoms. The van der Waals surface area contributed by atoms with Gasteiger partial charge in [0.15, 0.2) is 0 Å². The van der Waals surface area contributed by atoms with Crippen molar-refractivity contribution in [2.45, 2.75) is 58.9 Å². The van der Waals surface area contributed by atoms with E-state index in [9.17, 15) is 9.59 Å². The predicted molar refractivity (Wildman–Crippen MR) is 111 cm³/mol. The molecular formula is C23H30N2O2. The lowest BCUT2D eigenvalue weighted by atomic mass is 9.89. The van der Waals surface area contributed by atoms with Gasteiger partial charge in [0.05, 0.1) is 0 Å². The van der Waals surface area contributed by atoms with E-state index in [2.05, 4.69) is 6.92 Å². The summed E-state index contributed by atoms with van der Waals surface area (Å²) >= 11 is 0. The van der Waals surface area contributed by atoms with Crippen molar-refractivity contribution in [3.63, 3.8) is 0 Å². The maximum Gasteiger partial charge on any atom is 0.263 e. The molecule has 1 aliphatic carbocycles. The highest BCUT2D eigenvalue weighted by molar-refractivity contribution is 6.05. The normalized spacial score (nSPS) is 14.9. The van der Waals surface area contributed by atoms with Gasteiger partial charge in [0.2, 0.25) is 0 Å². The fourth-order valence-electron chi connectivity index (χ4n) is 4.24. The summed E-state index contributed by atoms with van der Waals surface area (Å²) in [5.41, 5.74) is 3.00. The van der Waals surface area contributed by atoms with Crippen molar-refractivity contribution < 1.29 is 4.79 Å². The largest absolute Gasteiger partial charge is 0.311 e. The molecule has 1 aliphatic rings. The summed E-state index contributed by atoms with van der Waals surface area (Å²) in [5, 5.41) is 0. The van der Waals surface area contributed by atoms with Crippen molar-refractivity contribution in [1.29, 1.82) is 0 Å². The van der Waals surface area contributed by atoms with Crippen molar-refractivity contribution in [2.75, 3.05) is 11.9 Å². The fourth-order valence-corrected chi connectivity index (χ4v) is 4.24. The summed E-state index contributed by atoms with van der Waals surface area (Å²) in [7, 11) is 1.73. The third kappa shape index (κ3) is 4.15. The number of para-hydroxylation sites is 1. The monoisotopic (exact) mass is 366 g/mol. The van der Waals surface area contributed by atoms with Crippen molar-refractivity contribution in [2.24, 2.45) is 5.92 Å². The summed E-state index contributed by atoms with van der Waals surface area (Å²) in [5.74, 6) is 0.299. The second-order valence-electron chi connectivity index (χ2n) is 7.66. The molecule has 4 nitrogen and oxygen atoms in total. The van der Waals surface area contributed by atoms with Gasteiger partial charge in [-0.1, -0.05) is 44.4 Å². The van der Waals surface area contributed by atoms with Crippen LogP contribution < -0.4 is 10.5 Å². The molecule has 3 rings (SSSR count). The van der Waals surface area contributed by atoms with Gasteiger partial charge < -0.3 is 9.47 Å². The lowest BCUT2D eigenvalue weighted by Crippen LogP contribution is -2.37. The highest BCUT2D eigenvalue weighted by atomic mass is 16.2. The van der Waals surface area contributed by atoms with Crippen LogP contribution >= 0.6 is 0 Å². The van der Waals surface area contributed by atoms with Crippen LogP contribution in [0.25, 0.3) is 0 Å². The van der Waals surface area contributed by atoms with Gasteiger partial charge in [0.1, 0.15) is 5.56 Å². The minimum atomic E-state index is -0.241. The number of carbonyl (C=O) groups is 1. The Morgan fingerprint density at radius 1 is 1.15 bits per heavy atom. The standard InChI is InChI=1S/C23H30N2O2/c1-4-21-17(2)15-20(22(26)24(3)19-13-9-6-10-14-19)23(27)25(21)16-18-11-7-5-8-12-18/h6,9-10,13-15,18H,4-5,7-8,11-12,16H2,1-3H3. The first-order valence-corrected chi connectivity index (χ1v) is 10.1. The second kappa shape index (κ2) is 8.55. The fraction of sp³-hybridized carbons (Fsp3) is 0.478. The topological polar surface area (TPSA) is 42.3 Å². The van der Waals surface area contributed by atoms with E-state index in [1.165, 1.54) is 32.1 Å². The summed E-state index contributed by atoms with van der Waals surface area (Å²) < 4.78 is 1.89. The van der Waals surface area contributed by atoms with Crippen LogP contribution in [-0.2, 0) is 13.0 Å². The van der Waals surface area contributed by atoms with E-state index in [0.29, 0.717) is 5.92 Å². The predicted octanol–water partition coefficient (Wildman–Crippen LogP) is 4.58. The summed E-state index contributed by atoms with van der Waals surface area (Å²) in [4.78, 5) is 27.9. The number of pyridine rings is 1. The smallest absolute Gasteiger partial charge is 0.263 e. The quantitative estimate of drug-likeness (QED) is 0.777. The zero-order chi connectivity index (χ0) is 19.4. The van der Waals surface area contributed by atoms with E-state index in [0.717, 1.165) is 29.9 Å². The van der Waals surface area contributed by atoms with Gasteiger partial charge in [0, 0.05) is 25.0 Å². The molecule has 1 aromatic heterocycles. The van der Waals surface area contributed by atoms with Gasteiger partial charge >= 0.3 is 0 Å². The summed E-state index contributed by atoms with van der Waals surface area (Å²) in [6.07, 6.45) is 6.94. The Labute approximate surface area is 161 Å². The van der Waals surface area contributed by atoms with Crippen molar-refractivity contribution in [1.82, 2.24) is 4.57 Å². The molecule has 1 fully saturated rings. The lowest BCUT2D eigenvalue weighted by molar-refractivity contribution is 0.0990. The maximum absolute atomic E-state index is 13.3. The Bertz CT molecular complexity index is 849. The Morgan fingerprint density at radius 2 is 1.81 bits per heavy atom. The van der Waals surface area contributed by atoms with E-state index in [1.807, 2.05) is 41.8 Å². The van der Waals surface area contributed by atoms with Crippen LogP contribution in [-0.4, -0.2) is 17.5 Å². The molecule has 4 heteroatoms. The molecule has 27 heavy (non-hydrogen) atoms. The number of anilines is 1. The number of aryl methyl sites for hydroxylation is 1. The SMILES string of the molecule is CCc1c(C)cc(C(=O)N(C)c2ccccc2)c(=O)n1CC1CCCCC1. The van der Waals surface area contributed by atoms with E-state index in [4.69, 9.17) is 0 Å². The minimum Gasteiger partial charge on any atom is -0.311 e. The Kier molecular flexibility index (Phi) is 6.15. The van der Waals surface area contributed by atoms with Crippen molar-refractivity contribution >= 4 is 11.6 Å². The molecule has 144 valence electrons. The van der Waals surface area contributed by atoms with Gasteiger partial charge in [-0.2, -0.15) is 0 Å². The number of hydrogen-bond donors (Lipinski definition) is 0. The van der Waals surface area contributed by atoms with Crippen molar-refractivity contribution in [3.05, 3.63) is 63.6 Å². The van der Waals surface area contributed by atoms with Crippen LogP contribution in [0.15, 0.2) is 41.2 Å². The van der Waals surface area contributed by atoms with Gasteiger partial charge in [-0.25, -0.2) is 0 Å². The molecule has 0 aliphatic heterocycles. The molecule has 0 unspecified atom stereocenters. The third-order valence-electron chi connectivity index (χ3n) is 5.80. The molecule has 0 atom stereocenters. The average molecular weight is 367 g/mol. The summed E-state index contributed by atoms with van der Waals surface area (Å²) in [6, 6.07) is 11.2. The molecule has 2 aromatic rings. The first-order chi connectivity index (χ1) is 13.0. The zero-order valence-electron chi connectivity index (χ0n) is 16.7. The molecule has 0 N–H and O–H groups in total. The molecule has 0 bridgehead atoms. The van der Waals surface area contributed by atoms with Crippen LogP contribution in [0.3, 0.4) is 0 Å². The molecule has 1 heterocycles. The van der Waals surface area contributed by atoms with Crippen molar-refractivity contribution in [3.8, 4) is 0 Å². The second-order valence-corrected chi connectivity index (χ2v) is 7.66. The molecular weight excluding hydrogens is 336 g/mol. The number of carbonyl (C=O) groups excluding carboxylic acids is 1. The molecule has 1 aromatic carbocycles. The Balaban J connectivity index is 1.98. The Morgan fingerprint density at radius 3 is 2.44 bits per heavy atom. The van der Waals surface area contributed by atoms with Crippen LogP contribution in [0.1, 0.15) is 60.6 Å². The van der Waals surface area contributed by atoms with Crippen LogP contribution in [0.2, 0.25) is 0 Å². The average Bonchev–Trinajstić information content (AvgIpc) is 2.71. The van der Waals surface area contributed by atoms with Gasteiger partial charge in [-0.3, -0.25) is 9.59 Å². The number of aromatic nitrogens is 1. The molecule has 0 radical (unpaired) electrons. The zero-order valence-corrected chi connectivity index (χ0v) is 16.7. The minimum absolute atomic E-state index is 0.143. The Hall–Kier alpha value is -2.36. The number of benzene rings is 1. The number of hydrogen-bond acceptors (Lipinski definition) is 2. The van der Waals surface area contributed by atoms with E-state index >= 15 is 0 Å². The van der Waals surface area contributed by atoms with Gasteiger partial charge in [-0.15, -0.1) is 0 Å². The maximum atomic E-state index is 13.3. The van der Waals surface area contributed by atoms with Crippen LogP contribution in [0, 0.1) is 12.8 Å². The first kappa shape index (κ1) is 19.4. The molecule has 0 saturated heterocycles. The number of amides is 1. The summed E-state index contributed by atoms with van der Waals surface area (Å²) in [6.45, 7) is 4.82. The third-order valence-corrected chi connectivity index (χ3v) is 5.80. The highest BCUT2D eigenvalue weighted by Gasteiger charge is 2.23.